The van der Waals surface area contributed by atoms with Crippen molar-refractivity contribution in [1.29, 1.82) is 0 Å². The third-order valence-corrected chi connectivity index (χ3v) is 14.5. The number of benzene rings is 8. The lowest BCUT2D eigenvalue weighted by Crippen LogP contribution is -2.05. The van der Waals surface area contributed by atoms with Crippen LogP contribution in [0.15, 0.2) is 212 Å². The average Bonchev–Trinajstić information content (AvgIpc) is 4.22. The Bertz CT molecular complexity index is 3890. The zero-order chi connectivity index (χ0) is 46.1. The van der Waals surface area contributed by atoms with Gasteiger partial charge in [0.2, 0.25) is 11.2 Å². The molecule has 0 unspecified atom stereocenters. The number of thiophene rings is 2. The third kappa shape index (κ3) is 8.55. The standard InChI is InChI=1S/C29H18N4S.C15H10ClN3.C15H10S/c1-3-9-19(10-4-1)27-30-28(20-11-5-2-6-12-20)32-29(31-27)33-16-15-21-17-26-23(18-24(21)33)22-13-7-8-14-25(22)34-26;16-15-18-13(11-7-3-1-4-8-11)17-14(19-15)12-9-5-2-6-10-12;1-2-7-14-12(6-1)13-8-10-4-3-5-11(10)9-15(13)16-14/h1-18H;1-10H;1-3,5-9H,4H2. The molecule has 0 spiro atoms. The van der Waals surface area contributed by atoms with E-state index < -0.39 is 0 Å². The van der Waals surface area contributed by atoms with Crippen LogP contribution in [0.5, 0.6) is 0 Å². The van der Waals surface area contributed by atoms with Crippen LogP contribution in [0.1, 0.15) is 11.1 Å². The van der Waals surface area contributed by atoms with Gasteiger partial charge in [0.1, 0.15) is 0 Å². The molecule has 1 aliphatic carbocycles. The van der Waals surface area contributed by atoms with Gasteiger partial charge in [-0.2, -0.15) is 19.9 Å². The summed E-state index contributed by atoms with van der Waals surface area (Å²) in [5.74, 6) is 3.10. The SMILES string of the molecule is C1=Cc2cc3sc4ccccc4c3cc2C1.Clc1nc(-c2ccccc2)nc(-c2ccccc2)n1.c1ccc(-c2nc(-c3ccccc3)nc(-n3ccc4cc5sc6ccccc6c5cc43)n2)cc1. The van der Waals surface area contributed by atoms with Crippen LogP contribution in [0.3, 0.4) is 0 Å². The van der Waals surface area contributed by atoms with Gasteiger partial charge in [0, 0.05) is 74.2 Å². The Balaban J connectivity index is 0.000000118. The van der Waals surface area contributed by atoms with Gasteiger partial charge in [-0.25, -0.2) is 9.97 Å². The lowest BCUT2D eigenvalue weighted by Gasteiger charge is -2.09. The maximum Gasteiger partial charge on any atom is 0.238 e. The molecule has 0 fully saturated rings. The van der Waals surface area contributed by atoms with Crippen LogP contribution in [0.2, 0.25) is 5.28 Å². The maximum atomic E-state index is 5.99. The lowest BCUT2D eigenvalue weighted by atomic mass is 10.1. The maximum absolute atomic E-state index is 5.99. The van der Waals surface area contributed by atoms with Crippen molar-refractivity contribution < 1.29 is 0 Å². The molecule has 14 rings (SSSR count). The number of halogens is 1. The first-order valence-electron chi connectivity index (χ1n) is 22.5. The van der Waals surface area contributed by atoms with E-state index in [1.807, 2.05) is 144 Å². The summed E-state index contributed by atoms with van der Waals surface area (Å²) in [6, 6.07) is 68.2. The Labute approximate surface area is 410 Å². The number of rotatable bonds is 5. The Morgan fingerprint density at radius 3 is 1.38 bits per heavy atom. The second-order valence-electron chi connectivity index (χ2n) is 16.4. The van der Waals surface area contributed by atoms with Gasteiger partial charge in [0.05, 0.1) is 5.52 Å². The van der Waals surface area contributed by atoms with Crippen LogP contribution in [0.25, 0.3) is 109 Å². The first kappa shape index (κ1) is 42.2. The van der Waals surface area contributed by atoms with E-state index in [-0.39, 0.29) is 5.28 Å². The van der Waals surface area contributed by atoms with Gasteiger partial charge < -0.3 is 0 Å². The number of hydrogen-bond donors (Lipinski definition) is 0. The molecule has 10 heteroatoms. The predicted molar refractivity (Wildman–Crippen MR) is 288 cm³/mol. The summed E-state index contributed by atoms with van der Waals surface area (Å²) in [6.07, 6.45) is 7.63. The molecule has 0 saturated carbocycles. The first-order valence-corrected chi connectivity index (χ1v) is 24.5. The predicted octanol–water partition coefficient (Wildman–Crippen LogP) is 16.0. The van der Waals surface area contributed by atoms with E-state index in [1.165, 1.54) is 56.9 Å². The zero-order valence-electron chi connectivity index (χ0n) is 36.8. The summed E-state index contributed by atoms with van der Waals surface area (Å²) >= 11 is 9.71. The van der Waals surface area contributed by atoms with E-state index in [9.17, 15) is 0 Å². The highest BCUT2D eigenvalue weighted by Gasteiger charge is 2.16. The summed E-state index contributed by atoms with van der Waals surface area (Å²) in [4.78, 5) is 27.4. The highest BCUT2D eigenvalue weighted by molar-refractivity contribution is 7.26. The van der Waals surface area contributed by atoms with Crippen molar-refractivity contribution >= 4 is 91.6 Å². The summed E-state index contributed by atoms with van der Waals surface area (Å²) < 4.78 is 7.46. The first-order chi connectivity index (χ1) is 34.1. The minimum absolute atomic E-state index is 0.202. The minimum Gasteiger partial charge on any atom is -0.285 e. The Hall–Kier alpha value is -8.21. The fraction of sp³-hybridized carbons (Fsp3) is 0.0169. The monoisotopic (exact) mass is 943 g/mol. The fourth-order valence-electron chi connectivity index (χ4n) is 8.69. The van der Waals surface area contributed by atoms with Crippen molar-refractivity contribution in [3.63, 3.8) is 0 Å². The van der Waals surface area contributed by atoms with Crippen LogP contribution < -0.4 is 0 Å². The molecule has 328 valence electrons. The molecule has 5 aromatic heterocycles. The molecular weight excluding hydrogens is 906 g/mol. The molecule has 0 saturated heterocycles. The van der Waals surface area contributed by atoms with E-state index in [0.29, 0.717) is 29.2 Å². The van der Waals surface area contributed by atoms with Crippen molar-refractivity contribution in [2.75, 3.05) is 0 Å². The molecule has 0 atom stereocenters. The van der Waals surface area contributed by atoms with Crippen LogP contribution in [0, 0.1) is 0 Å². The van der Waals surface area contributed by atoms with Gasteiger partial charge in [0.25, 0.3) is 0 Å². The molecule has 7 nitrogen and oxygen atoms in total. The van der Waals surface area contributed by atoms with Crippen molar-refractivity contribution in [3.8, 4) is 51.5 Å². The van der Waals surface area contributed by atoms with Gasteiger partial charge in [-0.3, -0.25) is 4.57 Å². The zero-order valence-corrected chi connectivity index (χ0v) is 39.2. The second-order valence-corrected chi connectivity index (χ2v) is 18.9. The van der Waals surface area contributed by atoms with Crippen molar-refractivity contribution in [3.05, 3.63) is 229 Å². The average molecular weight is 945 g/mol. The Kier molecular flexibility index (Phi) is 11.3. The summed E-state index contributed by atoms with van der Waals surface area (Å²) in [5, 5.41) is 6.73. The van der Waals surface area contributed by atoms with Gasteiger partial charge in [-0.15, -0.1) is 22.7 Å². The highest BCUT2D eigenvalue weighted by atomic mass is 35.5. The highest BCUT2D eigenvalue weighted by Crippen LogP contribution is 2.39. The Morgan fingerprint density at radius 2 is 0.855 bits per heavy atom. The van der Waals surface area contributed by atoms with Gasteiger partial charge in [-0.1, -0.05) is 170 Å². The Morgan fingerprint density at radius 1 is 0.406 bits per heavy atom. The van der Waals surface area contributed by atoms with Crippen LogP contribution >= 0.6 is 34.3 Å². The van der Waals surface area contributed by atoms with E-state index in [4.69, 9.17) is 26.6 Å². The van der Waals surface area contributed by atoms with Crippen LogP contribution in [-0.2, 0) is 6.42 Å². The van der Waals surface area contributed by atoms with Gasteiger partial charge >= 0.3 is 0 Å². The number of allylic oxidation sites excluding steroid dienone is 1. The molecule has 0 N–H and O–H groups in total. The molecule has 8 aromatic carbocycles. The molecule has 1 aliphatic rings. The largest absolute Gasteiger partial charge is 0.285 e. The van der Waals surface area contributed by atoms with Gasteiger partial charge in [0.15, 0.2) is 23.3 Å². The number of aromatic nitrogens is 7. The molecule has 5 heterocycles. The normalized spacial score (nSPS) is 11.7. The van der Waals surface area contributed by atoms with E-state index in [1.54, 1.807) is 0 Å². The number of nitrogens with zero attached hydrogens (tertiary/aromatic N) is 7. The summed E-state index contributed by atoms with van der Waals surface area (Å²) in [5.41, 5.74) is 7.72. The van der Waals surface area contributed by atoms with Gasteiger partial charge in [-0.05, 0) is 71.6 Å². The molecule has 0 bridgehead atoms. The summed E-state index contributed by atoms with van der Waals surface area (Å²) in [6.45, 7) is 0. The fourth-order valence-corrected chi connectivity index (χ4v) is 11.1. The van der Waals surface area contributed by atoms with Crippen molar-refractivity contribution in [1.82, 2.24) is 34.5 Å². The van der Waals surface area contributed by atoms with Crippen LogP contribution in [0.4, 0.5) is 0 Å². The minimum atomic E-state index is 0.202. The van der Waals surface area contributed by atoms with Crippen LogP contribution in [-0.4, -0.2) is 34.5 Å². The number of fused-ring (bicyclic) bond motifs is 8. The molecule has 0 aliphatic heterocycles. The third-order valence-electron chi connectivity index (χ3n) is 12.0. The molecule has 13 aromatic rings. The second kappa shape index (κ2) is 18.5. The molecule has 0 radical (unpaired) electrons. The van der Waals surface area contributed by atoms with E-state index in [0.717, 1.165) is 34.2 Å². The number of hydrogen-bond acceptors (Lipinski definition) is 8. The smallest absolute Gasteiger partial charge is 0.238 e. The topological polar surface area (TPSA) is 82.3 Å². The summed E-state index contributed by atoms with van der Waals surface area (Å²) in [7, 11) is 0. The van der Waals surface area contributed by atoms with E-state index >= 15 is 0 Å². The molecule has 0 amide bonds. The van der Waals surface area contributed by atoms with Crippen molar-refractivity contribution in [2.45, 2.75) is 6.42 Å². The quantitative estimate of drug-likeness (QED) is 0.171. The molecule has 69 heavy (non-hydrogen) atoms. The molecular formula is C59H38ClN7S2. The van der Waals surface area contributed by atoms with Crippen molar-refractivity contribution in [2.24, 2.45) is 0 Å². The van der Waals surface area contributed by atoms with E-state index in [2.05, 4.69) is 117 Å². The lowest BCUT2D eigenvalue weighted by molar-refractivity contribution is 0.934.